The average molecular weight is 318 g/mol. The number of hydrogen-bond acceptors (Lipinski definition) is 6. The molecule has 3 aromatic heterocycles. The lowest BCUT2D eigenvalue weighted by Gasteiger charge is -2.08. The summed E-state index contributed by atoms with van der Waals surface area (Å²) >= 11 is 1.56. The van der Waals surface area contributed by atoms with E-state index in [0.29, 0.717) is 11.5 Å². The number of aliphatic hydroxyl groups is 1. The number of amides is 1. The second kappa shape index (κ2) is 6.12. The Morgan fingerprint density at radius 2 is 2.36 bits per heavy atom. The largest absolute Gasteiger partial charge is 0.457 e. The highest BCUT2D eigenvalue weighted by molar-refractivity contribution is 7.13. The van der Waals surface area contributed by atoms with Crippen molar-refractivity contribution in [2.24, 2.45) is 7.05 Å². The summed E-state index contributed by atoms with van der Waals surface area (Å²) in [5.74, 6) is 0.712. The first-order valence-electron chi connectivity index (χ1n) is 6.59. The molecule has 0 aliphatic heterocycles. The van der Waals surface area contributed by atoms with E-state index >= 15 is 0 Å². The molecule has 22 heavy (non-hydrogen) atoms. The van der Waals surface area contributed by atoms with Crippen molar-refractivity contribution in [1.29, 1.82) is 0 Å². The van der Waals surface area contributed by atoms with Crippen LogP contribution in [0.5, 0.6) is 0 Å². The van der Waals surface area contributed by atoms with E-state index in [1.807, 2.05) is 17.5 Å². The summed E-state index contributed by atoms with van der Waals surface area (Å²) in [6.07, 6.45) is 0.582. The van der Waals surface area contributed by atoms with Gasteiger partial charge in [-0.05, 0) is 23.6 Å². The van der Waals surface area contributed by atoms with Gasteiger partial charge in [0.15, 0.2) is 5.69 Å². The SMILES string of the molecule is Cn1cc(C(=O)NCC(O)c2ccc(-c3cccs3)o2)nn1. The van der Waals surface area contributed by atoms with Gasteiger partial charge in [-0.2, -0.15) is 0 Å². The lowest BCUT2D eigenvalue weighted by Crippen LogP contribution is -2.28. The molecular formula is C14H14N4O3S. The van der Waals surface area contributed by atoms with E-state index in [4.69, 9.17) is 4.42 Å². The molecule has 0 aliphatic rings. The molecule has 0 fully saturated rings. The monoisotopic (exact) mass is 318 g/mol. The van der Waals surface area contributed by atoms with Crippen LogP contribution in [0.1, 0.15) is 22.4 Å². The summed E-state index contributed by atoms with van der Waals surface area (Å²) in [5.41, 5.74) is 0.202. The smallest absolute Gasteiger partial charge is 0.273 e. The summed E-state index contributed by atoms with van der Waals surface area (Å²) in [6.45, 7) is 0.0345. The van der Waals surface area contributed by atoms with Gasteiger partial charge in [-0.1, -0.05) is 11.3 Å². The lowest BCUT2D eigenvalue weighted by molar-refractivity contribution is 0.0897. The number of aromatic nitrogens is 3. The predicted octanol–water partition coefficient (Wildman–Crippen LogP) is 1.60. The van der Waals surface area contributed by atoms with Gasteiger partial charge in [0.2, 0.25) is 0 Å². The van der Waals surface area contributed by atoms with Crippen molar-refractivity contribution in [3.05, 3.63) is 47.3 Å². The number of carbonyl (C=O) groups is 1. The Morgan fingerprint density at radius 1 is 1.50 bits per heavy atom. The van der Waals surface area contributed by atoms with Crippen molar-refractivity contribution in [2.45, 2.75) is 6.10 Å². The maximum absolute atomic E-state index is 11.8. The van der Waals surface area contributed by atoms with Crippen LogP contribution < -0.4 is 5.32 Å². The van der Waals surface area contributed by atoms with E-state index in [1.165, 1.54) is 10.9 Å². The van der Waals surface area contributed by atoms with Crippen molar-refractivity contribution in [1.82, 2.24) is 20.3 Å². The van der Waals surface area contributed by atoms with Crippen LogP contribution in [0, 0.1) is 0 Å². The van der Waals surface area contributed by atoms with Gasteiger partial charge in [-0.25, -0.2) is 0 Å². The number of thiophene rings is 1. The maximum Gasteiger partial charge on any atom is 0.273 e. The number of furan rings is 1. The highest BCUT2D eigenvalue weighted by Crippen LogP contribution is 2.28. The number of hydrogen-bond donors (Lipinski definition) is 2. The predicted molar refractivity (Wildman–Crippen MR) is 80.3 cm³/mol. The molecule has 1 atom stereocenters. The van der Waals surface area contributed by atoms with Gasteiger partial charge >= 0.3 is 0 Å². The summed E-state index contributed by atoms with van der Waals surface area (Å²) in [4.78, 5) is 12.8. The summed E-state index contributed by atoms with van der Waals surface area (Å²) in [5, 5.41) is 22.0. The Balaban J connectivity index is 1.60. The molecule has 3 rings (SSSR count). The molecule has 0 bridgehead atoms. The topological polar surface area (TPSA) is 93.2 Å². The second-order valence-electron chi connectivity index (χ2n) is 4.68. The molecule has 1 amide bonds. The van der Waals surface area contributed by atoms with Gasteiger partial charge in [0.1, 0.15) is 17.6 Å². The second-order valence-corrected chi connectivity index (χ2v) is 5.63. The minimum atomic E-state index is -0.922. The van der Waals surface area contributed by atoms with Crippen LogP contribution in [0.3, 0.4) is 0 Å². The molecule has 0 saturated carbocycles. The van der Waals surface area contributed by atoms with Crippen LogP contribution in [0.15, 0.2) is 40.3 Å². The van der Waals surface area contributed by atoms with Gasteiger partial charge < -0.3 is 14.8 Å². The van der Waals surface area contributed by atoms with E-state index in [0.717, 1.165) is 4.88 Å². The molecular weight excluding hydrogens is 304 g/mol. The zero-order chi connectivity index (χ0) is 15.5. The van der Waals surface area contributed by atoms with Crippen LogP contribution >= 0.6 is 11.3 Å². The van der Waals surface area contributed by atoms with Crippen LogP contribution in [-0.2, 0) is 7.05 Å². The normalized spacial score (nSPS) is 12.3. The fourth-order valence-electron chi connectivity index (χ4n) is 1.92. The minimum Gasteiger partial charge on any atom is -0.457 e. The van der Waals surface area contributed by atoms with Crippen molar-refractivity contribution in [2.75, 3.05) is 6.54 Å². The Hall–Kier alpha value is -2.45. The van der Waals surface area contributed by atoms with Gasteiger partial charge in [0.05, 0.1) is 17.6 Å². The van der Waals surface area contributed by atoms with E-state index in [2.05, 4.69) is 15.6 Å². The van der Waals surface area contributed by atoms with Crippen molar-refractivity contribution in [3.8, 4) is 10.6 Å². The fraction of sp³-hybridized carbons (Fsp3) is 0.214. The molecule has 3 aromatic rings. The Morgan fingerprint density at radius 3 is 3.05 bits per heavy atom. The standard InChI is InChI=1S/C14H14N4O3S/c1-18-8-9(16-17-18)14(20)15-7-10(19)11-4-5-12(21-11)13-3-2-6-22-13/h2-6,8,10,19H,7H2,1H3,(H,15,20). The van der Waals surface area contributed by atoms with E-state index in [1.54, 1.807) is 30.5 Å². The molecule has 2 N–H and O–H groups in total. The van der Waals surface area contributed by atoms with Gasteiger partial charge in [-0.15, -0.1) is 16.4 Å². The van der Waals surface area contributed by atoms with Crippen LogP contribution in [0.4, 0.5) is 0 Å². The Labute approximate surface area is 130 Å². The molecule has 114 valence electrons. The quantitative estimate of drug-likeness (QED) is 0.745. The average Bonchev–Trinajstić information content (AvgIpc) is 3.23. The molecule has 8 heteroatoms. The highest BCUT2D eigenvalue weighted by atomic mass is 32.1. The van der Waals surface area contributed by atoms with Crippen molar-refractivity contribution in [3.63, 3.8) is 0 Å². The molecule has 0 spiro atoms. The lowest BCUT2D eigenvalue weighted by atomic mass is 10.2. The number of aliphatic hydroxyl groups excluding tert-OH is 1. The van der Waals surface area contributed by atoms with Crippen LogP contribution in [0.25, 0.3) is 10.6 Å². The number of carbonyl (C=O) groups excluding carboxylic acids is 1. The first-order valence-corrected chi connectivity index (χ1v) is 7.47. The fourth-order valence-corrected chi connectivity index (χ4v) is 2.60. The zero-order valence-electron chi connectivity index (χ0n) is 11.8. The summed E-state index contributed by atoms with van der Waals surface area (Å²) < 4.78 is 7.04. The van der Waals surface area contributed by atoms with Gasteiger partial charge in [-0.3, -0.25) is 9.48 Å². The number of aryl methyl sites for hydroxylation is 1. The van der Waals surface area contributed by atoms with Crippen molar-refractivity contribution >= 4 is 17.2 Å². The Bertz CT molecular complexity index is 763. The van der Waals surface area contributed by atoms with Gasteiger partial charge in [0, 0.05) is 7.05 Å². The molecule has 0 saturated heterocycles. The molecule has 3 heterocycles. The molecule has 0 aliphatic carbocycles. The third-order valence-electron chi connectivity index (χ3n) is 3.01. The molecule has 1 unspecified atom stereocenters. The third-order valence-corrected chi connectivity index (χ3v) is 3.89. The van der Waals surface area contributed by atoms with Crippen molar-refractivity contribution < 1.29 is 14.3 Å². The number of nitrogens with zero attached hydrogens (tertiary/aromatic N) is 3. The van der Waals surface area contributed by atoms with E-state index in [9.17, 15) is 9.90 Å². The van der Waals surface area contributed by atoms with E-state index in [-0.39, 0.29) is 12.2 Å². The van der Waals surface area contributed by atoms with Gasteiger partial charge in [0.25, 0.3) is 5.91 Å². The minimum absolute atomic E-state index is 0.0345. The highest BCUT2D eigenvalue weighted by Gasteiger charge is 2.16. The number of nitrogens with one attached hydrogen (secondary N) is 1. The third kappa shape index (κ3) is 3.07. The molecule has 0 aromatic carbocycles. The molecule has 0 radical (unpaired) electrons. The van der Waals surface area contributed by atoms with Crippen LogP contribution in [-0.4, -0.2) is 32.6 Å². The van der Waals surface area contributed by atoms with Crippen LogP contribution in [0.2, 0.25) is 0 Å². The zero-order valence-corrected chi connectivity index (χ0v) is 12.6. The summed E-state index contributed by atoms with van der Waals surface area (Å²) in [7, 11) is 1.67. The molecule has 7 nitrogen and oxygen atoms in total. The number of rotatable bonds is 5. The first-order chi connectivity index (χ1) is 10.6. The van der Waals surface area contributed by atoms with E-state index < -0.39 is 12.0 Å². The Kier molecular flexibility index (Phi) is 4.03. The maximum atomic E-state index is 11.8. The summed E-state index contributed by atoms with van der Waals surface area (Å²) in [6, 6.07) is 7.37. The first kappa shape index (κ1) is 14.5.